The molecule has 1 saturated carbocycles. The van der Waals surface area contributed by atoms with Crippen LogP contribution in [0.5, 0.6) is 0 Å². The second kappa shape index (κ2) is 7.03. The molecule has 0 unspecified atom stereocenters. The molecule has 1 amide bonds. The van der Waals surface area contributed by atoms with Crippen molar-refractivity contribution in [3.8, 4) is 0 Å². The highest BCUT2D eigenvalue weighted by atomic mass is 19.1. The summed E-state index contributed by atoms with van der Waals surface area (Å²) in [5, 5.41) is 3.04. The third kappa shape index (κ3) is 3.43. The van der Waals surface area contributed by atoms with Crippen molar-refractivity contribution >= 4 is 5.91 Å². The second-order valence-electron chi connectivity index (χ2n) is 5.73. The smallest absolute Gasteiger partial charge is 0.230 e. The highest BCUT2D eigenvalue weighted by Gasteiger charge is 2.45. The third-order valence-electron chi connectivity index (χ3n) is 4.63. The topological polar surface area (TPSA) is 32.3 Å². The van der Waals surface area contributed by atoms with Crippen LogP contribution in [0.2, 0.25) is 0 Å². The Balaban J connectivity index is 1.99. The van der Waals surface area contributed by atoms with E-state index in [1.807, 2.05) is 6.07 Å². The number of nitrogens with zero attached hydrogens (tertiary/aromatic N) is 1. The van der Waals surface area contributed by atoms with Gasteiger partial charge in [-0.15, -0.1) is 0 Å². The minimum absolute atomic E-state index is 0.0477. The molecule has 1 N–H and O–H groups in total. The maximum Gasteiger partial charge on any atom is 0.230 e. The molecule has 0 saturated heterocycles. The molecule has 1 aromatic rings. The molecule has 4 heteroatoms. The highest BCUT2D eigenvalue weighted by molar-refractivity contribution is 5.89. The lowest BCUT2D eigenvalue weighted by atomic mass is 9.64. The van der Waals surface area contributed by atoms with Gasteiger partial charge in [-0.25, -0.2) is 4.39 Å². The highest BCUT2D eigenvalue weighted by Crippen LogP contribution is 2.44. The number of nitrogens with one attached hydrogen (secondary N) is 1. The number of hydrogen-bond donors (Lipinski definition) is 1. The van der Waals surface area contributed by atoms with Crippen LogP contribution in [-0.2, 0) is 10.2 Å². The third-order valence-corrected chi connectivity index (χ3v) is 4.63. The monoisotopic (exact) mass is 292 g/mol. The molecule has 0 heterocycles. The summed E-state index contributed by atoms with van der Waals surface area (Å²) in [5.41, 5.74) is 0.305. The Morgan fingerprint density at radius 2 is 2.05 bits per heavy atom. The fourth-order valence-corrected chi connectivity index (χ4v) is 3.00. The van der Waals surface area contributed by atoms with E-state index in [0.29, 0.717) is 6.54 Å². The van der Waals surface area contributed by atoms with Gasteiger partial charge in [0.1, 0.15) is 5.82 Å². The average molecular weight is 292 g/mol. The van der Waals surface area contributed by atoms with Crippen molar-refractivity contribution in [3.63, 3.8) is 0 Å². The van der Waals surface area contributed by atoms with Crippen molar-refractivity contribution in [1.82, 2.24) is 10.2 Å². The van der Waals surface area contributed by atoms with Crippen molar-refractivity contribution in [1.29, 1.82) is 0 Å². The van der Waals surface area contributed by atoms with Crippen LogP contribution in [0, 0.1) is 5.82 Å². The van der Waals surface area contributed by atoms with Gasteiger partial charge in [-0.05, 0) is 43.6 Å². The van der Waals surface area contributed by atoms with Gasteiger partial charge in [-0.2, -0.15) is 0 Å². The summed E-state index contributed by atoms with van der Waals surface area (Å²) in [6.45, 7) is 7.72. The zero-order valence-electron chi connectivity index (χ0n) is 13.0. The molecule has 1 aliphatic carbocycles. The lowest BCUT2D eigenvalue weighted by Gasteiger charge is -2.40. The molecular formula is C17H25FN2O. The van der Waals surface area contributed by atoms with E-state index in [1.54, 1.807) is 6.07 Å². The molecular weight excluding hydrogens is 267 g/mol. The van der Waals surface area contributed by atoms with Crippen LogP contribution in [0.25, 0.3) is 0 Å². The number of likely N-dealkylation sites (N-methyl/N-ethyl adjacent to an activating group) is 1. The Labute approximate surface area is 126 Å². The summed E-state index contributed by atoms with van der Waals surface area (Å²) in [6, 6.07) is 6.48. The van der Waals surface area contributed by atoms with Gasteiger partial charge in [0.25, 0.3) is 0 Å². The van der Waals surface area contributed by atoms with Crippen LogP contribution >= 0.6 is 0 Å². The number of hydrogen-bond acceptors (Lipinski definition) is 2. The van der Waals surface area contributed by atoms with E-state index in [9.17, 15) is 9.18 Å². The normalized spacial score (nSPS) is 16.6. The molecule has 0 bridgehead atoms. The molecule has 1 aromatic carbocycles. The Morgan fingerprint density at radius 3 is 2.57 bits per heavy atom. The van der Waals surface area contributed by atoms with E-state index in [-0.39, 0.29) is 11.7 Å². The summed E-state index contributed by atoms with van der Waals surface area (Å²) in [6.07, 6.45) is 2.65. The number of carbonyl (C=O) groups is 1. The lowest BCUT2D eigenvalue weighted by Crippen LogP contribution is -2.50. The van der Waals surface area contributed by atoms with Gasteiger partial charge in [-0.3, -0.25) is 4.79 Å². The largest absolute Gasteiger partial charge is 0.354 e. The van der Waals surface area contributed by atoms with Crippen molar-refractivity contribution in [3.05, 3.63) is 35.6 Å². The van der Waals surface area contributed by atoms with Crippen molar-refractivity contribution in [2.24, 2.45) is 0 Å². The summed E-state index contributed by atoms with van der Waals surface area (Å²) in [4.78, 5) is 14.8. The van der Waals surface area contributed by atoms with Gasteiger partial charge in [0.15, 0.2) is 0 Å². The maximum absolute atomic E-state index is 13.4. The molecule has 0 radical (unpaired) electrons. The molecule has 1 fully saturated rings. The van der Waals surface area contributed by atoms with Gasteiger partial charge in [0, 0.05) is 13.1 Å². The molecule has 116 valence electrons. The van der Waals surface area contributed by atoms with Gasteiger partial charge in [0.05, 0.1) is 5.41 Å². The van der Waals surface area contributed by atoms with E-state index < -0.39 is 5.41 Å². The standard InChI is InChI=1S/C17H25FN2O/c1-3-20(4-2)12-11-19-16(21)17(9-6-10-17)14-7-5-8-15(18)13-14/h5,7-8,13H,3-4,6,9-12H2,1-2H3,(H,19,21). The molecule has 0 atom stereocenters. The SMILES string of the molecule is CCN(CC)CCNC(=O)C1(c2cccc(F)c2)CCC1. The van der Waals surface area contributed by atoms with Crippen LogP contribution < -0.4 is 5.32 Å². The first-order chi connectivity index (χ1) is 10.1. The molecule has 0 aliphatic heterocycles. The maximum atomic E-state index is 13.4. The first-order valence-corrected chi connectivity index (χ1v) is 7.89. The zero-order valence-corrected chi connectivity index (χ0v) is 13.0. The van der Waals surface area contributed by atoms with E-state index >= 15 is 0 Å². The minimum atomic E-state index is -0.509. The Morgan fingerprint density at radius 1 is 1.33 bits per heavy atom. The lowest BCUT2D eigenvalue weighted by molar-refractivity contribution is -0.130. The van der Waals surface area contributed by atoms with Crippen molar-refractivity contribution < 1.29 is 9.18 Å². The minimum Gasteiger partial charge on any atom is -0.354 e. The fraction of sp³-hybridized carbons (Fsp3) is 0.588. The van der Waals surface area contributed by atoms with E-state index in [1.165, 1.54) is 12.1 Å². The molecule has 0 spiro atoms. The molecule has 2 rings (SSSR count). The van der Waals surface area contributed by atoms with Gasteiger partial charge >= 0.3 is 0 Å². The van der Waals surface area contributed by atoms with Crippen LogP contribution in [-0.4, -0.2) is 37.0 Å². The number of rotatable bonds is 7. The predicted octanol–water partition coefficient (Wildman–Crippen LogP) is 2.71. The molecule has 3 nitrogen and oxygen atoms in total. The summed E-state index contributed by atoms with van der Waals surface area (Å²) in [5.74, 6) is -0.221. The first-order valence-electron chi connectivity index (χ1n) is 7.89. The summed E-state index contributed by atoms with van der Waals surface area (Å²) in [7, 11) is 0. The number of halogens is 1. The molecule has 0 aromatic heterocycles. The van der Waals surface area contributed by atoms with Crippen molar-refractivity contribution in [2.45, 2.75) is 38.5 Å². The fourth-order valence-electron chi connectivity index (χ4n) is 3.00. The number of carbonyl (C=O) groups excluding carboxylic acids is 1. The molecule has 21 heavy (non-hydrogen) atoms. The Hall–Kier alpha value is -1.42. The molecule has 1 aliphatic rings. The van der Waals surface area contributed by atoms with E-state index in [0.717, 1.165) is 44.5 Å². The number of benzene rings is 1. The predicted molar refractivity (Wildman–Crippen MR) is 82.7 cm³/mol. The van der Waals surface area contributed by atoms with Crippen molar-refractivity contribution in [2.75, 3.05) is 26.2 Å². The van der Waals surface area contributed by atoms with E-state index in [2.05, 4.69) is 24.1 Å². The van der Waals surface area contributed by atoms with Crippen LogP contribution in [0.4, 0.5) is 4.39 Å². The van der Waals surface area contributed by atoms with Gasteiger partial charge < -0.3 is 10.2 Å². The number of amides is 1. The summed E-state index contributed by atoms with van der Waals surface area (Å²) >= 11 is 0. The van der Waals surface area contributed by atoms with Crippen LogP contribution in [0.1, 0.15) is 38.7 Å². The van der Waals surface area contributed by atoms with Crippen LogP contribution in [0.3, 0.4) is 0 Å². The Kier molecular flexibility index (Phi) is 5.34. The second-order valence-corrected chi connectivity index (χ2v) is 5.73. The van der Waals surface area contributed by atoms with Gasteiger partial charge in [0.2, 0.25) is 5.91 Å². The summed E-state index contributed by atoms with van der Waals surface area (Å²) < 4.78 is 13.4. The van der Waals surface area contributed by atoms with Crippen LogP contribution in [0.15, 0.2) is 24.3 Å². The average Bonchev–Trinajstić information content (AvgIpc) is 2.42. The zero-order chi connectivity index (χ0) is 15.3. The first kappa shape index (κ1) is 16.0. The Bertz CT molecular complexity index is 481. The van der Waals surface area contributed by atoms with E-state index in [4.69, 9.17) is 0 Å². The van der Waals surface area contributed by atoms with Gasteiger partial charge in [-0.1, -0.05) is 32.4 Å². The quantitative estimate of drug-likeness (QED) is 0.838.